The Morgan fingerprint density at radius 3 is 2.59 bits per heavy atom. The van der Waals surface area contributed by atoms with Gasteiger partial charge in [-0.05, 0) is 61.1 Å². The van der Waals surface area contributed by atoms with Crippen LogP contribution in [-0.4, -0.2) is 27.8 Å². The molecule has 2 atom stereocenters. The topological polar surface area (TPSA) is 115 Å². The van der Waals surface area contributed by atoms with E-state index in [1.54, 1.807) is 22.9 Å². The van der Waals surface area contributed by atoms with Crippen molar-refractivity contribution in [3.63, 3.8) is 0 Å². The first-order valence-corrected chi connectivity index (χ1v) is 14.7. The zero-order valence-electron chi connectivity index (χ0n) is 23.7. The number of aromatic nitrogens is 4. The second-order valence-corrected chi connectivity index (χ2v) is 11.3. The zero-order chi connectivity index (χ0) is 30.7. The third-order valence-corrected chi connectivity index (χ3v) is 8.11. The summed E-state index contributed by atoms with van der Waals surface area (Å²) in [5, 5.41) is 35.8. The quantitative estimate of drug-likeness (QED) is 0.122. The highest BCUT2D eigenvalue weighted by Gasteiger charge is 2.34. The minimum Gasteiger partial charge on any atom is -0.378 e. The van der Waals surface area contributed by atoms with Gasteiger partial charge in [0, 0.05) is 23.7 Å². The molecule has 11 heteroatoms. The maximum Gasteiger partial charge on any atom is 0.123 e. The summed E-state index contributed by atoms with van der Waals surface area (Å²) < 4.78 is 15.7. The molecule has 0 bridgehead atoms. The molecule has 2 aromatic heterocycles. The van der Waals surface area contributed by atoms with Crippen LogP contribution in [0.15, 0.2) is 79.1 Å². The van der Waals surface area contributed by atoms with Gasteiger partial charge in [0.15, 0.2) is 0 Å². The predicted molar refractivity (Wildman–Crippen MR) is 169 cm³/mol. The average molecular weight is 601 g/mol. The van der Waals surface area contributed by atoms with E-state index in [-0.39, 0.29) is 11.9 Å². The Balaban J connectivity index is 1.44. The summed E-state index contributed by atoms with van der Waals surface area (Å²) >= 11 is 6.81. The Morgan fingerprint density at radius 1 is 1.11 bits per heavy atom. The van der Waals surface area contributed by atoms with Crippen molar-refractivity contribution in [2.75, 3.05) is 10.6 Å². The van der Waals surface area contributed by atoms with Crippen LogP contribution >= 0.6 is 11.6 Å². The molecular formula is C33H27BClFN8. The van der Waals surface area contributed by atoms with Crippen LogP contribution in [-0.2, 0) is 5.44 Å². The van der Waals surface area contributed by atoms with Gasteiger partial charge in [-0.3, -0.25) is 4.98 Å². The molecule has 0 aliphatic heterocycles. The fourth-order valence-corrected chi connectivity index (χ4v) is 5.61. The van der Waals surface area contributed by atoms with Crippen LogP contribution in [0.25, 0.3) is 10.9 Å². The van der Waals surface area contributed by atoms with Crippen molar-refractivity contribution < 1.29 is 4.39 Å². The molecule has 6 rings (SSSR count). The number of rotatable bonds is 11. The Morgan fingerprint density at radius 2 is 1.89 bits per heavy atom. The highest BCUT2D eigenvalue weighted by molar-refractivity contribution is 6.36. The smallest absolute Gasteiger partial charge is 0.123 e. The van der Waals surface area contributed by atoms with E-state index < -0.39 is 5.44 Å². The van der Waals surface area contributed by atoms with Crippen molar-refractivity contribution in [1.29, 1.82) is 10.5 Å². The van der Waals surface area contributed by atoms with Gasteiger partial charge in [-0.2, -0.15) is 10.5 Å². The predicted octanol–water partition coefficient (Wildman–Crippen LogP) is 7.15. The molecule has 2 radical (unpaired) electrons. The molecule has 1 saturated carbocycles. The maximum atomic E-state index is 13.9. The molecule has 44 heavy (non-hydrogen) atoms. The SMILES string of the molecule is [B][C@](Nc1cc(Cl)c2ncc(C#N)c(NC(CCCC#N)c3ccccc3)c2c1)(c1ccc(F)cc1)c1cn(C2CC2)nn1. The lowest BCUT2D eigenvalue weighted by molar-refractivity contribution is 0.610. The number of benzene rings is 3. The summed E-state index contributed by atoms with van der Waals surface area (Å²) in [7, 11) is 7.07. The van der Waals surface area contributed by atoms with Gasteiger partial charge in [-0.15, -0.1) is 5.10 Å². The number of nitrogens with one attached hydrogen (secondary N) is 2. The van der Waals surface area contributed by atoms with Gasteiger partial charge in [0.1, 0.15) is 25.4 Å². The third-order valence-electron chi connectivity index (χ3n) is 7.82. The van der Waals surface area contributed by atoms with Crippen LogP contribution < -0.4 is 10.6 Å². The second kappa shape index (κ2) is 12.4. The number of pyridine rings is 1. The van der Waals surface area contributed by atoms with E-state index in [1.165, 1.54) is 18.3 Å². The zero-order valence-corrected chi connectivity index (χ0v) is 24.5. The Hall–Kier alpha value is -4.93. The molecular weight excluding hydrogens is 574 g/mol. The normalized spacial score (nSPS) is 14.7. The van der Waals surface area contributed by atoms with Gasteiger partial charge in [-0.25, -0.2) is 9.07 Å². The minimum atomic E-state index is -1.39. The molecule has 0 spiro atoms. The summed E-state index contributed by atoms with van der Waals surface area (Å²) in [6.45, 7) is 0. The molecule has 3 aromatic carbocycles. The lowest BCUT2D eigenvalue weighted by Gasteiger charge is -2.32. The average Bonchev–Trinajstić information content (AvgIpc) is 3.76. The van der Waals surface area contributed by atoms with Crippen molar-refractivity contribution in [3.05, 3.63) is 112 Å². The third kappa shape index (κ3) is 5.95. The Kier molecular flexibility index (Phi) is 8.19. The highest BCUT2D eigenvalue weighted by atomic mass is 35.5. The second-order valence-electron chi connectivity index (χ2n) is 10.9. The standard InChI is InChI=1S/C33H27BClFN8/c34-33(23-9-11-24(36)12-10-23,30-20-44(43-42-30)26-13-14-26)41-25-16-27-31(22(18-38)19-39-32(27)28(35)17-25)40-29(8-4-5-15-37)21-6-2-1-3-7-21/h1-3,6-7,9-12,16-17,19-20,26,29,41H,4-5,8,13-14H2,(H,39,40)/t29?,33-/m0/s1. The summed E-state index contributed by atoms with van der Waals surface area (Å²) in [5.41, 5.74) is 2.61. The number of nitrogens with zero attached hydrogens (tertiary/aromatic N) is 6. The van der Waals surface area contributed by atoms with Crippen LogP contribution in [0.5, 0.6) is 0 Å². The fourth-order valence-electron chi connectivity index (χ4n) is 5.34. The number of nitriles is 2. The molecule has 216 valence electrons. The summed E-state index contributed by atoms with van der Waals surface area (Å²) in [4.78, 5) is 4.50. The van der Waals surface area contributed by atoms with Crippen LogP contribution in [0.2, 0.25) is 5.02 Å². The fraction of sp³-hybridized carbons (Fsp3) is 0.242. The lowest BCUT2D eigenvalue weighted by Crippen LogP contribution is -2.37. The van der Waals surface area contributed by atoms with Gasteiger partial charge in [0.05, 0.1) is 51.6 Å². The van der Waals surface area contributed by atoms with Crippen LogP contribution in [0.3, 0.4) is 0 Å². The first-order valence-electron chi connectivity index (χ1n) is 14.4. The van der Waals surface area contributed by atoms with E-state index in [2.05, 4.69) is 38.1 Å². The van der Waals surface area contributed by atoms with Crippen LogP contribution in [0, 0.1) is 28.5 Å². The van der Waals surface area contributed by atoms with Gasteiger partial charge in [0.2, 0.25) is 0 Å². The largest absolute Gasteiger partial charge is 0.378 e. The number of anilines is 2. The molecule has 1 unspecified atom stereocenters. The van der Waals surface area contributed by atoms with Gasteiger partial charge in [0.25, 0.3) is 0 Å². The molecule has 1 aliphatic rings. The summed E-state index contributed by atoms with van der Waals surface area (Å²) in [6.07, 6.45) is 7.12. The number of hydrogen-bond donors (Lipinski definition) is 2. The van der Waals surface area contributed by atoms with Crippen LogP contribution in [0.4, 0.5) is 15.8 Å². The van der Waals surface area contributed by atoms with Crippen molar-refractivity contribution in [3.8, 4) is 12.1 Å². The van der Waals surface area contributed by atoms with Gasteiger partial charge < -0.3 is 10.6 Å². The van der Waals surface area contributed by atoms with E-state index in [4.69, 9.17) is 24.7 Å². The van der Waals surface area contributed by atoms with Gasteiger partial charge in [-0.1, -0.05) is 59.3 Å². The maximum absolute atomic E-state index is 13.9. The van der Waals surface area contributed by atoms with Gasteiger partial charge >= 0.3 is 0 Å². The van der Waals surface area contributed by atoms with Crippen molar-refractivity contribution in [1.82, 2.24) is 20.0 Å². The minimum absolute atomic E-state index is 0.178. The molecule has 2 N–H and O–H groups in total. The summed E-state index contributed by atoms with van der Waals surface area (Å²) in [6, 6.07) is 23.9. The molecule has 1 aliphatic carbocycles. The number of halogens is 2. The van der Waals surface area contributed by atoms with Crippen molar-refractivity contribution in [2.24, 2.45) is 0 Å². The highest BCUT2D eigenvalue weighted by Crippen LogP contribution is 2.39. The van der Waals surface area contributed by atoms with Crippen molar-refractivity contribution >= 4 is 41.7 Å². The number of unbranched alkanes of at least 4 members (excludes halogenated alkanes) is 1. The molecule has 5 aromatic rings. The monoisotopic (exact) mass is 600 g/mol. The molecule has 0 amide bonds. The lowest BCUT2D eigenvalue weighted by atomic mass is 9.69. The van der Waals surface area contributed by atoms with E-state index in [1.807, 2.05) is 42.6 Å². The molecule has 8 nitrogen and oxygen atoms in total. The Bertz CT molecular complexity index is 1880. The Labute approximate surface area is 260 Å². The number of hydrogen-bond acceptors (Lipinski definition) is 7. The first kappa shape index (κ1) is 29.2. The number of fused-ring (bicyclic) bond motifs is 1. The summed E-state index contributed by atoms with van der Waals surface area (Å²) in [5.74, 6) is -0.389. The van der Waals surface area contributed by atoms with E-state index >= 15 is 0 Å². The van der Waals surface area contributed by atoms with E-state index in [0.717, 1.165) is 18.4 Å². The van der Waals surface area contributed by atoms with Crippen LogP contribution in [0.1, 0.15) is 66.6 Å². The first-order chi connectivity index (χ1) is 21.4. The molecule has 0 saturated heterocycles. The van der Waals surface area contributed by atoms with E-state index in [0.29, 0.717) is 69.4 Å². The molecule has 1 fully saturated rings. The van der Waals surface area contributed by atoms with E-state index in [9.17, 15) is 9.65 Å². The van der Waals surface area contributed by atoms with Crippen molar-refractivity contribution in [2.45, 2.75) is 49.6 Å². The molecule has 2 heterocycles.